The third kappa shape index (κ3) is 2.30. The molecule has 7 atom stereocenters. The van der Waals surface area contributed by atoms with Crippen molar-refractivity contribution in [2.45, 2.75) is 71.3 Å². The molecular weight excluding hydrogens is 316 g/mol. The van der Waals surface area contributed by atoms with Crippen molar-refractivity contribution in [3.63, 3.8) is 0 Å². The molecule has 1 heterocycles. The minimum atomic E-state index is 0.360. The standard InChI is InChI=1S/C24H34N2/c1-23-11-9-18(25)14-17(23)5-6-19-21-8-7-20(16-4-3-13-26-15-16)24(21,2)12-10-22(19)23/h3-4,7,13,15,17-19,21-22H,5-6,8-12,14,25H2,1-2H3/t17?,18-,19+,21+,22+,23+,24-/m1/s1. The van der Waals surface area contributed by atoms with Crippen LogP contribution in [-0.4, -0.2) is 11.0 Å². The van der Waals surface area contributed by atoms with Crippen molar-refractivity contribution in [1.29, 1.82) is 0 Å². The van der Waals surface area contributed by atoms with E-state index in [-0.39, 0.29) is 0 Å². The molecular formula is C24H34N2. The molecule has 0 radical (unpaired) electrons. The zero-order valence-corrected chi connectivity index (χ0v) is 16.5. The van der Waals surface area contributed by atoms with Crippen molar-refractivity contribution in [1.82, 2.24) is 4.98 Å². The molecule has 0 bridgehead atoms. The summed E-state index contributed by atoms with van der Waals surface area (Å²) in [5.74, 6) is 3.55. The highest BCUT2D eigenvalue weighted by Gasteiger charge is 2.58. The molecule has 0 saturated heterocycles. The first-order chi connectivity index (χ1) is 12.5. The van der Waals surface area contributed by atoms with E-state index in [2.05, 4.69) is 43.2 Å². The number of hydrogen-bond donors (Lipinski definition) is 1. The summed E-state index contributed by atoms with van der Waals surface area (Å²) in [7, 11) is 0. The van der Waals surface area contributed by atoms with Gasteiger partial charge in [0.2, 0.25) is 0 Å². The van der Waals surface area contributed by atoms with Gasteiger partial charge in [0.1, 0.15) is 0 Å². The van der Waals surface area contributed by atoms with Gasteiger partial charge in [-0.1, -0.05) is 26.0 Å². The van der Waals surface area contributed by atoms with Crippen LogP contribution in [0, 0.1) is 34.5 Å². The number of allylic oxidation sites excluding steroid dienone is 2. The van der Waals surface area contributed by atoms with Crippen molar-refractivity contribution < 1.29 is 0 Å². The first-order valence-electron chi connectivity index (χ1n) is 10.9. The van der Waals surface area contributed by atoms with E-state index in [0.29, 0.717) is 16.9 Å². The van der Waals surface area contributed by atoms with Gasteiger partial charge in [0.25, 0.3) is 0 Å². The van der Waals surface area contributed by atoms with Crippen LogP contribution in [-0.2, 0) is 0 Å². The number of hydrogen-bond acceptors (Lipinski definition) is 2. The van der Waals surface area contributed by atoms with Gasteiger partial charge in [0.15, 0.2) is 0 Å². The van der Waals surface area contributed by atoms with E-state index in [1.54, 1.807) is 5.57 Å². The van der Waals surface area contributed by atoms with Crippen LogP contribution in [0.25, 0.3) is 5.57 Å². The molecule has 0 spiro atoms. The van der Waals surface area contributed by atoms with Crippen molar-refractivity contribution in [2.24, 2.45) is 40.2 Å². The van der Waals surface area contributed by atoms with Crippen LogP contribution in [0.15, 0.2) is 30.6 Å². The molecule has 1 aromatic heterocycles. The predicted molar refractivity (Wildman–Crippen MR) is 107 cm³/mol. The van der Waals surface area contributed by atoms with Crippen LogP contribution in [0.3, 0.4) is 0 Å². The summed E-state index contributed by atoms with van der Waals surface area (Å²) >= 11 is 0. The Balaban J connectivity index is 1.44. The van der Waals surface area contributed by atoms with Gasteiger partial charge in [0, 0.05) is 18.4 Å². The SMILES string of the molecule is C[C@]12CC[C@@H](N)CC1CC[C@@H]1[C@@H]2CC[C@]2(C)C(c3cccnc3)=CC[C@@H]12. The van der Waals surface area contributed by atoms with E-state index in [4.69, 9.17) is 5.73 Å². The van der Waals surface area contributed by atoms with E-state index in [1.165, 1.54) is 56.9 Å². The van der Waals surface area contributed by atoms with Crippen LogP contribution < -0.4 is 5.73 Å². The maximum absolute atomic E-state index is 6.34. The Bertz CT molecular complexity index is 710. The van der Waals surface area contributed by atoms with Gasteiger partial charge in [-0.25, -0.2) is 0 Å². The lowest BCUT2D eigenvalue weighted by Crippen LogP contribution is -2.54. The van der Waals surface area contributed by atoms with Gasteiger partial charge in [-0.2, -0.15) is 0 Å². The lowest BCUT2D eigenvalue weighted by Gasteiger charge is -2.61. The second-order valence-electron chi connectivity index (χ2n) is 10.2. The van der Waals surface area contributed by atoms with Gasteiger partial charge < -0.3 is 5.73 Å². The van der Waals surface area contributed by atoms with Crippen LogP contribution in [0.2, 0.25) is 0 Å². The van der Waals surface area contributed by atoms with Crippen LogP contribution in [0.1, 0.15) is 70.8 Å². The molecule has 1 aromatic rings. The lowest BCUT2D eigenvalue weighted by atomic mass is 9.44. The van der Waals surface area contributed by atoms with Crippen molar-refractivity contribution >= 4 is 5.57 Å². The fraction of sp³-hybridized carbons (Fsp3) is 0.708. The fourth-order valence-corrected chi connectivity index (χ4v) is 7.83. The molecule has 0 amide bonds. The number of nitrogens with zero attached hydrogens (tertiary/aromatic N) is 1. The molecule has 140 valence electrons. The Hall–Kier alpha value is -1.15. The zero-order valence-electron chi connectivity index (χ0n) is 16.5. The number of fused-ring (bicyclic) bond motifs is 5. The van der Waals surface area contributed by atoms with Crippen LogP contribution >= 0.6 is 0 Å². The van der Waals surface area contributed by atoms with Crippen molar-refractivity contribution in [3.05, 3.63) is 36.2 Å². The van der Waals surface area contributed by atoms with Gasteiger partial charge in [-0.3, -0.25) is 4.98 Å². The Morgan fingerprint density at radius 1 is 1.08 bits per heavy atom. The highest BCUT2D eigenvalue weighted by Crippen LogP contribution is 2.67. The van der Waals surface area contributed by atoms with Crippen LogP contribution in [0.5, 0.6) is 0 Å². The molecule has 4 aliphatic rings. The largest absolute Gasteiger partial charge is 0.328 e. The molecule has 4 aliphatic carbocycles. The highest BCUT2D eigenvalue weighted by molar-refractivity contribution is 5.72. The summed E-state index contributed by atoms with van der Waals surface area (Å²) < 4.78 is 0. The molecule has 26 heavy (non-hydrogen) atoms. The van der Waals surface area contributed by atoms with E-state index in [0.717, 1.165) is 23.7 Å². The Kier molecular flexibility index (Phi) is 3.87. The average molecular weight is 351 g/mol. The van der Waals surface area contributed by atoms with Gasteiger partial charge in [-0.15, -0.1) is 0 Å². The minimum absolute atomic E-state index is 0.360. The second kappa shape index (κ2) is 5.92. The molecule has 3 saturated carbocycles. The summed E-state index contributed by atoms with van der Waals surface area (Å²) in [6.45, 7) is 5.19. The molecule has 2 heteroatoms. The maximum atomic E-state index is 6.34. The monoisotopic (exact) mass is 350 g/mol. The lowest BCUT2D eigenvalue weighted by molar-refractivity contribution is -0.0980. The Morgan fingerprint density at radius 2 is 1.96 bits per heavy atom. The molecule has 5 rings (SSSR count). The fourth-order valence-electron chi connectivity index (χ4n) is 7.83. The first kappa shape index (κ1) is 17.0. The summed E-state index contributed by atoms with van der Waals surface area (Å²) in [5, 5.41) is 0. The summed E-state index contributed by atoms with van der Waals surface area (Å²) in [6, 6.07) is 4.82. The molecule has 0 aliphatic heterocycles. The van der Waals surface area contributed by atoms with E-state index >= 15 is 0 Å². The van der Waals surface area contributed by atoms with Gasteiger partial charge >= 0.3 is 0 Å². The maximum Gasteiger partial charge on any atom is 0.0343 e. The molecule has 3 fully saturated rings. The third-order valence-electron chi connectivity index (χ3n) is 9.26. The highest BCUT2D eigenvalue weighted by atomic mass is 14.7. The summed E-state index contributed by atoms with van der Waals surface area (Å²) in [4.78, 5) is 4.40. The number of nitrogens with two attached hydrogens (primary N) is 1. The number of aromatic nitrogens is 1. The van der Waals surface area contributed by atoms with Crippen molar-refractivity contribution in [3.8, 4) is 0 Å². The van der Waals surface area contributed by atoms with E-state index in [9.17, 15) is 0 Å². The Morgan fingerprint density at radius 3 is 2.77 bits per heavy atom. The quantitative estimate of drug-likeness (QED) is 0.732. The normalized spacial score (nSPS) is 47.5. The molecule has 0 aromatic carbocycles. The third-order valence-corrected chi connectivity index (χ3v) is 9.26. The molecule has 2 nitrogen and oxygen atoms in total. The van der Waals surface area contributed by atoms with E-state index < -0.39 is 0 Å². The number of pyridine rings is 1. The van der Waals surface area contributed by atoms with Crippen molar-refractivity contribution in [2.75, 3.05) is 0 Å². The zero-order chi connectivity index (χ0) is 17.9. The van der Waals surface area contributed by atoms with Crippen LogP contribution in [0.4, 0.5) is 0 Å². The average Bonchev–Trinajstić information content (AvgIpc) is 3.00. The van der Waals surface area contributed by atoms with Gasteiger partial charge in [-0.05, 0) is 103 Å². The number of rotatable bonds is 1. The summed E-state index contributed by atoms with van der Waals surface area (Å²) in [6.07, 6.45) is 17.3. The molecule has 2 N–H and O–H groups in total. The second-order valence-corrected chi connectivity index (χ2v) is 10.2. The first-order valence-corrected chi connectivity index (χ1v) is 10.9. The topological polar surface area (TPSA) is 38.9 Å². The minimum Gasteiger partial charge on any atom is -0.328 e. The van der Waals surface area contributed by atoms with Gasteiger partial charge in [0.05, 0.1) is 0 Å². The smallest absolute Gasteiger partial charge is 0.0343 e. The Labute approximate surface area is 158 Å². The molecule has 1 unspecified atom stereocenters. The summed E-state index contributed by atoms with van der Waals surface area (Å²) in [5.41, 5.74) is 10.2. The predicted octanol–water partition coefficient (Wildman–Crippen LogP) is 5.44. The van der Waals surface area contributed by atoms with E-state index in [1.807, 2.05) is 6.20 Å².